The summed E-state index contributed by atoms with van der Waals surface area (Å²) in [5.41, 5.74) is 0.356. The van der Waals surface area contributed by atoms with E-state index >= 15 is 0 Å². The van der Waals surface area contributed by atoms with Gasteiger partial charge in [-0.2, -0.15) is 5.10 Å². The standard InChI is InChI=1S/C17H27N5O3/c1-5-6-7-14-17(25)20(4)8-9-21(14)16(24)12-22-15(23)10-13(11-18-22)19(2)3/h10-11,14H,5-9,12H2,1-4H3/t14-/m1/s1. The van der Waals surface area contributed by atoms with Gasteiger partial charge in [0.15, 0.2) is 0 Å². The molecule has 2 heterocycles. The first kappa shape index (κ1) is 19.0. The van der Waals surface area contributed by atoms with Crippen molar-refractivity contribution < 1.29 is 9.59 Å². The Hall–Kier alpha value is -2.38. The van der Waals surface area contributed by atoms with Crippen molar-refractivity contribution in [1.29, 1.82) is 0 Å². The zero-order valence-corrected chi connectivity index (χ0v) is 15.4. The van der Waals surface area contributed by atoms with Crippen LogP contribution >= 0.6 is 0 Å². The lowest BCUT2D eigenvalue weighted by Gasteiger charge is -2.39. The van der Waals surface area contributed by atoms with E-state index in [2.05, 4.69) is 12.0 Å². The number of nitrogens with zero attached hydrogens (tertiary/aromatic N) is 5. The van der Waals surface area contributed by atoms with Crippen LogP contribution < -0.4 is 10.5 Å². The fourth-order valence-corrected chi connectivity index (χ4v) is 2.89. The van der Waals surface area contributed by atoms with Gasteiger partial charge >= 0.3 is 0 Å². The number of hydrogen-bond acceptors (Lipinski definition) is 5. The monoisotopic (exact) mass is 349 g/mol. The van der Waals surface area contributed by atoms with Crippen molar-refractivity contribution in [3.05, 3.63) is 22.6 Å². The molecule has 0 radical (unpaired) electrons. The highest BCUT2D eigenvalue weighted by atomic mass is 16.2. The summed E-state index contributed by atoms with van der Waals surface area (Å²) in [6.45, 7) is 2.90. The maximum Gasteiger partial charge on any atom is 0.269 e. The number of carbonyl (C=O) groups excluding carboxylic acids is 2. The molecule has 2 rings (SSSR count). The number of amides is 2. The van der Waals surface area contributed by atoms with E-state index in [9.17, 15) is 14.4 Å². The van der Waals surface area contributed by atoms with E-state index in [0.29, 0.717) is 25.2 Å². The summed E-state index contributed by atoms with van der Waals surface area (Å²) in [6.07, 6.45) is 4.04. The van der Waals surface area contributed by atoms with Crippen LogP contribution in [-0.4, -0.2) is 71.7 Å². The predicted octanol–water partition coefficient (Wildman–Crippen LogP) is 0.169. The second-order valence-corrected chi connectivity index (χ2v) is 6.61. The average Bonchev–Trinajstić information content (AvgIpc) is 2.57. The molecule has 0 N–H and O–H groups in total. The SMILES string of the molecule is CCCC[C@@H]1C(=O)N(C)CCN1C(=O)Cn1ncc(N(C)C)cc1=O. The smallest absolute Gasteiger partial charge is 0.269 e. The molecule has 0 aromatic carbocycles. The number of hydrogen-bond donors (Lipinski definition) is 0. The first-order valence-electron chi connectivity index (χ1n) is 8.64. The van der Waals surface area contributed by atoms with Gasteiger partial charge in [-0.3, -0.25) is 14.4 Å². The van der Waals surface area contributed by atoms with Crippen molar-refractivity contribution in [2.75, 3.05) is 39.1 Å². The summed E-state index contributed by atoms with van der Waals surface area (Å²) in [6, 6.07) is 1.01. The molecule has 1 aromatic rings. The number of unbranched alkanes of at least 4 members (excludes halogenated alkanes) is 1. The molecule has 0 spiro atoms. The van der Waals surface area contributed by atoms with E-state index in [-0.39, 0.29) is 23.9 Å². The van der Waals surface area contributed by atoms with Crippen molar-refractivity contribution in [1.82, 2.24) is 19.6 Å². The van der Waals surface area contributed by atoms with Crippen LogP contribution in [-0.2, 0) is 16.1 Å². The third-order valence-corrected chi connectivity index (χ3v) is 4.52. The quantitative estimate of drug-likeness (QED) is 0.731. The van der Waals surface area contributed by atoms with Gasteiger partial charge in [0.05, 0.1) is 11.9 Å². The highest BCUT2D eigenvalue weighted by molar-refractivity contribution is 5.88. The molecule has 1 fully saturated rings. The number of anilines is 1. The van der Waals surface area contributed by atoms with Gasteiger partial charge in [-0.15, -0.1) is 0 Å². The van der Waals surface area contributed by atoms with E-state index in [1.54, 1.807) is 27.9 Å². The van der Waals surface area contributed by atoms with E-state index < -0.39 is 6.04 Å². The normalized spacial score (nSPS) is 17.8. The van der Waals surface area contributed by atoms with E-state index in [0.717, 1.165) is 17.5 Å². The van der Waals surface area contributed by atoms with Gasteiger partial charge in [-0.1, -0.05) is 19.8 Å². The highest BCUT2D eigenvalue weighted by Gasteiger charge is 2.35. The van der Waals surface area contributed by atoms with Crippen molar-refractivity contribution in [3.8, 4) is 0 Å². The van der Waals surface area contributed by atoms with Gasteiger partial charge in [-0.25, -0.2) is 4.68 Å². The largest absolute Gasteiger partial charge is 0.376 e. The summed E-state index contributed by atoms with van der Waals surface area (Å²) in [7, 11) is 5.40. The Morgan fingerprint density at radius 1 is 1.32 bits per heavy atom. The maximum atomic E-state index is 12.7. The van der Waals surface area contributed by atoms with Crippen LogP contribution in [0.3, 0.4) is 0 Å². The fourth-order valence-electron chi connectivity index (χ4n) is 2.89. The first-order valence-corrected chi connectivity index (χ1v) is 8.64. The van der Waals surface area contributed by atoms with Gasteiger partial charge in [0.2, 0.25) is 11.8 Å². The summed E-state index contributed by atoms with van der Waals surface area (Å²) in [5, 5.41) is 4.08. The molecule has 0 saturated carbocycles. The Morgan fingerprint density at radius 2 is 2.04 bits per heavy atom. The van der Waals surface area contributed by atoms with Crippen LogP contribution in [0.25, 0.3) is 0 Å². The molecule has 138 valence electrons. The minimum atomic E-state index is -0.442. The van der Waals surface area contributed by atoms with Crippen LogP contribution in [0.5, 0.6) is 0 Å². The second-order valence-electron chi connectivity index (χ2n) is 6.61. The lowest BCUT2D eigenvalue weighted by Crippen LogP contribution is -2.58. The second kappa shape index (κ2) is 8.13. The molecule has 1 aliphatic heterocycles. The Morgan fingerprint density at radius 3 is 2.64 bits per heavy atom. The van der Waals surface area contributed by atoms with E-state index in [1.807, 2.05) is 14.1 Å². The Kier molecular flexibility index (Phi) is 6.17. The van der Waals surface area contributed by atoms with E-state index in [1.165, 1.54) is 6.07 Å². The minimum absolute atomic E-state index is 0.0312. The maximum absolute atomic E-state index is 12.7. The van der Waals surface area contributed by atoms with Crippen LogP contribution in [0, 0.1) is 0 Å². The molecule has 0 unspecified atom stereocenters. The lowest BCUT2D eigenvalue weighted by molar-refractivity contribution is -0.151. The molecule has 1 aromatic heterocycles. The molecule has 2 amide bonds. The van der Waals surface area contributed by atoms with Crippen LogP contribution in [0.15, 0.2) is 17.1 Å². The molecule has 1 aliphatic rings. The van der Waals surface area contributed by atoms with Crippen molar-refractivity contribution in [2.45, 2.75) is 38.8 Å². The van der Waals surface area contributed by atoms with Crippen LogP contribution in [0.4, 0.5) is 5.69 Å². The van der Waals surface area contributed by atoms with Gasteiger partial charge in [-0.05, 0) is 6.42 Å². The van der Waals surface area contributed by atoms with Crippen molar-refractivity contribution in [2.24, 2.45) is 0 Å². The molecule has 8 heteroatoms. The number of likely N-dealkylation sites (N-methyl/N-ethyl adjacent to an activating group) is 1. The predicted molar refractivity (Wildman–Crippen MR) is 95.5 cm³/mol. The van der Waals surface area contributed by atoms with Crippen molar-refractivity contribution >= 4 is 17.5 Å². The molecule has 1 saturated heterocycles. The Labute approximate surface area is 148 Å². The number of piperazine rings is 1. The highest BCUT2D eigenvalue weighted by Crippen LogP contribution is 2.17. The Balaban J connectivity index is 2.15. The molecule has 25 heavy (non-hydrogen) atoms. The number of carbonyl (C=O) groups is 2. The summed E-state index contributed by atoms with van der Waals surface area (Å²) < 4.78 is 1.15. The van der Waals surface area contributed by atoms with Gasteiger partial charge in [0.25, 0.3) is 5.56 Å². The van der Waals surface area contributed by atoms with E-state index in [4.69, 9.17) is 0 Å². The first-order chi connectivity index (χ1) is 11.8. The molecule has 8 nitrogen and oxygen atoms in total. The summed E-state index contributed by atoms with van der Waals surface area (Å²) in [5.74, 6) is -0.272. The number of rotatable bonds is 6. The molecular formula is C17H27N5O3. The lowest BCUT2D eigenvalue weighted by atomic mass is 10.0. The summed E-state index contributed by atoms with van der Waals surface area (Å²) in [4.78, 5) is 42.3. The zero-order chi connectivity index (χ0) is 18.6. The molecule has 0 bridgehead atoms. The Bertz CT molecular complexity index is 685. The summed E-state index contributed by atoms with van der Waals surface area (Å²) >= 11 is 0. The van der Waals surface area contributed by atoms with Gasteiger partial charge in [0.1, 0.15) is 12.6 Å². The molecule has 0 aliphatic carbocycles. The topological polar surface area (TPSA) is 78.8 Å². The van der Waals surface area contributed by atoms with Crippen LogP contribution in [0.2, 0.25) is 0 Å². The van der Waals surface area contributed by atoms with Gasteiger partial charge in [0, 0.05) is 40.3 Å². The molecular weight excluding hydrogens is 322 g/mol. The fraction of sp³-hybridized carbons (Fsp3) is 0.647. The average molecular weight is 349 g/mol. The minimum Gasteiger partial charge on any atom is -0.376 e. The molecule has 1 atom stereocenters. The third kappa shape index (κ3) is 4.37. The van der Waals surface area contributed by atoms with Gasteiger partial charge < -0.3 is 14.7 Å². The van der Waals surface area contributed by atoms with Crippen LogP contribution in [0.1, 0.15) is 26.2 Å². The third-order valence-electron chi connectivity index (χ3n) is 4.52. The number of aromatic nitrogens is 2. The van der Waals surface area contributed by atoms with Crippen molar-refractivity contribution in [3.63, 3.8) is 0 Å². The zero-order valence-electron chi connectivity index (χ0n) is 15.4.